The van der Waals surface area contributed by atoms with E-state index in [1.54, 1.807) is 11.3 Å². The normalized spacial score (nSPS) is 14.7. The average molecular weight is 334 g/mol. The molecule has 2 heterocycles. The fourth-order valence-electron chi connectivity index (χ4n) is 2.55. The smallest absolute Gasteiger partial charge is 0.231 e. The molecule has 23 heavy (non-hydrogen) atoms. The van der Waals surface area contributed by atoms with Crippen molar-refractivity contribution in [1.82, 2.24) is 9.88 Å². The minimum Gasteiger partial charge on any atom is -0.454 e. The van der Waals surface area contributed by atoms with E-state index in [4.69, 9.17) is 14.5 Å². The summed E-state index contributed by atoms with van der Waals surface area (Å²) in [5, 5.41) is 12.7. The summed E-state index contributed by atoms with van der Waals surface area (Å²) in [6.45, 7) is 7.75. The Balaban J connectivity index is 1.75. The number of thiazole rings is 1. The van der Waals surface area contributed by atoms with Crippen molar-refractivity contribution in [2.45, 2.75) is 39.5 Å². The van der Waals surface area contributed by atoms with Crippen LogP contribution in [0.15, 0.2) is 23.6 Å². The standard InChI is InChI=1S/C17H22N2O3S/c1-11(2)19(7-12(3)20)8-14-9-23-17(18-14)13-4-5-15-16(6-13)22-10-21-15/h4-6,9,11-12,20H,7-8,10H2,1-3H3. The molecule has 6 heteroatoms. The van der Waals surface area contributed by atoms with Crippen molar-refractivity contribution >= 4 is 11.3 Å². The summed E-state index contributed by atoms with van der Waals surface area (Å²) in [7, 11) is 0. The predicted octanol–water partition coefficient (Wildman–Crippen LogP) is 3.13. The van der Waals surface area contributed by atoms with Gasteiger partial charge in [-0.3, -0.25) is 4.90 Å². The van der Waals surface area contributed by atoms with Crippen molar-refractivity contribution in [3.63, 3.8) is 0 Å². The summed E-state index contributed by atoms with van der Waals surface area (Å²) < 4.78 is 10.8. The third-order valence-electron chi connectivity index (χ3n) is 3.77. The number of hydrogen-bond acceptors (Lipinski definition) is 6. The summed E-state index contributed by atoms with van der Waals surface area (Å²) in [5.41, 5.74) is 2.06. The van der Waals surface area contributed by atoms with E-state index in [2.05, 4.69) is 24.1 Å². The Labute approximate surface area is 140 Å². The Kier molecular flexibility index (Phi) is 4.84. The van der Waals surface area contributed by atoms with Crippen molar-refractivity contribution in [3.05, 3.63) is 29.3 Å². The highest BCUT2D eigenvalue weighted by molar-refractivity contribution is 7.13. The zero-order valence-corrected chi connectivity index (χ0v) is 14.5. The number of aromatic nitrogens is 1. The van der Waals surface area contributed by atoms with Crippen LogP contribution in [0.5, 0.6) is 11.5 Å². The van der Waals surface area contributed by atoms with Crippen LogP contribution in [0.3, 0.4) is 0 Å². The second kappa shape index (κ2) is 6.86. The maximum atomic E-state index is 9.64. The van der Waals surface area contributed by atoms with Crippen molar-refractivity contribution in [2.75, 3.05) is 13.3 Å². The van der Waals surface area contributed by atoms with E-state index in [9.17, 15) is 5.11 Å². The maximum Gasteiger partial charge on any atom is 0.231 e. The third-order valence-corrected chi connectivity index (χ3v) is 4.71. The van der Waals surface area contributed by atoms with Gasteiger partial charge >= 0.3 is 0 Å². The Hall–Kier alpha value is -1.63. The minimum absolute atomic E-state index is 0.282. The highest BCUT2D eigenvalue weighted by Gasteiger charge is 2.17. The maximum absolute atomic E-state index is 9.64. The van der Waals surface area contributed by atoms with Crippen LogP contribution in [0.4, 0.5) is 0 Å². The Morgan fingerprint density at radius 2 is 2.04 bits per heavy atom. The van der Waals surface area contributed by atoms with Gasteiger partial charge in [0.1, 0.15) is 5.01 Å². The molecule has 3 rings (SSSR count). The van der Waals surface area contributed by atoms with E-state index in [1.807, 2.05) is 25.1 Å². The molecule has 1 aliphatic heterocycles. The van der Waals surface area contributed by atoms with Gasteiger partial charge in [0.15, 0.2) is 11.5 Å². The number of nitrogens with zero attached hydrogens (tertiary/aromatic N) is 2. The van der Waals surface area contributed by atoms with Gasteiger partial charge in [-0.15, -0.1) is 11.3 Å². The SMILES string of the molecule is CC(O)CN(Cc1csc(-c2ccc3c(c2)OCO3)n1)C(C)C. The molecule has 1 aromatic heterocycles. The highest BCUT2D eigenvalue weighted by Crippen LogP contribution is 2.36. The number of rotatable bonds is 6. The van der Waals surface area contributed by atoms with Crippen molar-refractivity contribution in [1.29, 1.82) is 0 Å². The quantitative estimate of drug-likeness (QED) is 0.879. The molecule has 0 amide bonds. The Morgan fingerprint density at radius 1 is 1.26 bits per heavy atom. The molecule has 5 nitrogen and oxygen atoms in total. The lowest BCUT2D eigenvalue weighted by Gasteiger charge is -2.26. The molecule has 1 unspecified atom stereocenters. The first-order valence-electron chi connectivity index (χ1n) is 7.79. The fourth-order valence-corrected chi connectivity index (χ4v) is 3.36. The summed E-state index contributed by atoms with van der Waals surface area (Å²) in [6.07, 6.45) is -0.343. The molecule has 124 valence electrons. The lowest BCUT2D eigenvalue weighted by Crippen LogP contribution is -2.36. The molecule has 0 radical (unpaired) electrons. The summed E-state index contributed by atoms with van der Waals surface area (Å²) in [5.74, 6) is 1.56. The first-order chi connectivity index (χ1) is 11.0. The second-order valence-electron chi connectivity index (χ2n) is 6.08. The van der Waals surface area contributed by atoms with Crippen LogP contribution in [-0.2, 0) is 6.54 Å². The van der Waals surface area contributed by atoms with Gasteiger partial charge < -0.3 is 14.6 Å². The molecule has 0 spiro atoms. The van der Waals surface area contributed by atoms with Crippen LogP contribution in [0.25, 0.3) is 10.6 Å². The number of aliphatic hydroxyl groups is 1. The topological polar surface area (TPSA) is 54.8 Å². The lowest BCUT2D eigenvalue weighted by atomic mass is 10.2. The first kappa shape index (κ1) is 16.2. The molecule has 1 aromatic carbocycles. The van der Waals surface area contributed by atoms with Gasteiger partial charge in [0.2, 0.25) is 6.79 Å². The lowest BCUT2D eigenvalue weighted by molar-refractivity contribution is 0.102. The van der Waals surface area contributed by atoms with Gasteiger partial charge in [0.25, 0.3) is 0 Å². The molecule has 0 fully saturated rings. The summed E-state index contributed by atoms with van der Waals surface area (Å²) in [4.78, 5) is 6.96. The van der Waals surface area contributed by atoms with Gasteiger partial charge in [-0.2, -0.15) is 0 Å². The molecule has 0 saturated heterocycles. The number of ether oxygens (including phenoxy) is 2. The largest absolute Gasteiger partial charge is 0.454 e. The van der Waals surface area contributed by atoms with E-state index in [0.29, 0.717) is 12.6 Å². The number of benzene rings is 1. The van der Waals surface area contributed by atoms with Crippen molar-refractivity contribution in [3.8, 4) is 22.1 Å². The monoisotopic (exact) mass is 334 g/mol. The first-order valence-corrected chi connectivity index (χ1v) is 8.67. The highest BCUT2D eigenvalue weighted by atomic mass is 32.1. The number of aliphatic hydroxyl groups excluding tert-OH is 1. The molecular formula is C17H22N2O3S. The summed E-state index contributed by atoms with van der Waals surface area (Å²) in [6, 6.07) is 6.26. The van der Waals surface area contributed by atoms with Crippen LogP contribution < -0.4 is 9.47 Å². The zero-order valence-electron chi connectivity index (χ0n) is 13.7. The van der Waals surface area contributed by atoms with Crippen LogP contribution in [0, 0.1) is 0 Å². The fraction of sp³-hybridized carbons (Fsp3) is 0.471. The van der Waals surface area contributed by atoms with E-state index < -0.39 is 0 Å². The Bertz CT molecular complexity index is 670. The molecule has 1 N–H and O–H groups in total. The Morgan fingerprint density at radius 3 is 2.78 bits per heavy atom. The number of hydrogen-bond donors (Lipinski definition) is 1. The molecule has 1 aliphatic rings. The van der Waals surface area contributed by atoms with Crippen molar-refractivity contribution < 1.29 is 14.6 Å². The molecular weight excluding hydrogens is 312 g/mol. The second-order valence-corrected chi connectivity index (χ2v) is 6.94. The van der Waals surface area contributed by atoms with E-state index >= 15 is 0 Å². The molecule has 0 bridgehead atoms. The molecule has 0 aliphatic carbocycles. The van der Waals surface area contributed by atoms with E-state index in [-0.39, 0.29) is 12.9 Å². The molecule has 1 atom stereocenters. The average Bonchev–Trinajstić information content (AvgIpc) is 3.13. The van der Waals surface area contributed by atoms with E-state index in [1.165, 1.54) is 0 Å². The van der Waals surface area contributed by atoms with Gasteiger partial charge in [-0.05, 0) is 39.0 Å². The van der Waals surface area contributed by atoms with E-state index in [0.717, 1.165) is 34.3 Å². The van der Waals surface area contributed by atoms with Crippen LogP contribution >= 0.6 is 11.3 Å². The summed E-state index contributed by atoms with van der Waals surface area (Å²) >= 11 is 1.62. The van der Waals surface area contributed by atoms with Crippen LogP contribution in [-0.4, -0.2) is 40.5 Å². The number of fused-ring (bicyclic) bond motifs is 1. The third kappa shape index (κ3) is 3.83. The van der Waals surface area contributed by atoms with Crippen LogP contribution in [0.1, 0.15) is 26.5 Å². The van der Waals surface area contributed by atoms with Crippen LogP contribution in [0.2, 0.25) is 0 Å². The van der Waals surface area contributed by atoms with Gasteiger partial charge in [-0.25, -0.2) is 4.98 Å². The van der Waals surface area contributed by atoms with Gasteiger partial charge in [0.05, 0.1) is 11.8 Å². The zero-order chi connectivity index (χ0) is 16.4. The predicted molar refractivity (Wildman–Crippen MR) is 90.9 cm³/mol. The molecule has 0 saturated carbocycles. The van der Waals surface area contributed by atoms with Gasteiger partial charge in [0, 0.05) is 30.1 Å². The van der Waals surface area contributed by atoms with Crippen molar-refractivity contribution in [2.24, 2.45) is 0 Å². The molecule has 2 aromatic rings. The van der Waals surface area contributed by atoms with Gasteiger partial charge in [-0.1, -0.05) is 0 Å². The minimum atomic E-state index is -0.343.